The lowest BCUT2D eigenvalue weighted by atomic mass is 9.34. The lowest BCUT2D eigenvalue weighted by molar-refractivity contribution is -0.378. The van der Waals surface area contributed by atoms with E-state index in [2.05, 4.69) is 48.1 Å². The van der Waals surface area contributed by atoms with Crippen LogP contribution in [0.3, 0.4) is 0 Å². The van der Waals surface area contributed by atoms with E-state index in [1.165, 1.54) is 0 Å². The van der Waals surface area contributed by atoms with E-state index in [1.807, 2.05) is 6.92 Å². The molecule has 4 saturated heterocycles. The van der Waals surface area contributed by atoms with Crippen molar-refractivity contribution in [3.05, 3.63) is 12.2 Å². The van der Waals surface area contributed by atoms with Gasteiger partial charge >= 0.3 is 0 Å². The van der Waals surface area contributed by atoms with Crippen molar-refractivity contribution >= 4 is 0 Å². The maximum Gasteiger partial charge on any atom is 0.187 e. The molecular formula is C54H92O24. The van der Waals surface area contributed by atoms with E-state index in [1.54, 1.807) is 6.92 Å². The lowest BCUT2D eigenvalue weighted by Gasteiger charge is -2.71. The fraction of sp³-hybridized carbons (Fsp3) is 0.963. The molecule has 15 N–H and O–H groups in total. The molecule has 8 fully saturated rings. The molecule has 8 rings (SSSR count). The van der Waals surface area contributed by atoms with Crippen LogP contribution in [-0.4, -0.2) is 244 Å². The van der Waals surface area contributed by atoms with Crippen LogP contribution in [-0.2, 0) is 42.8 Å². The van der Waals surface area contributed by atoms with Crippen LogP contribution in [0.25, 0.3) is 0 Å². The third kappa shape index (κ3) is 10.4. The molecule has 4 heterocycles. The molecule has 0 spiro atoms. The van der Waals surface area contributed by atoms with Crippen molar-refractivity contribution in [1.82, 2.24) is 0 Å². The van der Waals surface area contributed by atoms with Crippen LogP contribution in [0.4, 0.5) is 0 Å². The minimum absolute atomic E-state index is 0.000938. The third-order valence-electron chi connectivity index (χ3n) is 21.7. The van der Waals surface area contributed by atoms with E-state index in [0.29, 0.717) is 37.7 Å². The molecular weight excluding hydrogens is 1030 g/mol. The highest BCUT2D eigenvalue weighted by Crippen LogP contribution is 2.78. The molecule has 4 aliphatic carbocycles. The third-order valence-corrected chi connectivity index (χ3v) is 21.7. The zero-order valence-corrected chi connectivity index (χ0v) is 46.2. The van der Waals surface area contributed by atoms with E-state index in [4.69, 9.17) is 42.8 Å². The first kappa shape index (κ1) is 62.8. The van der Waals surface area contributed by atoms with Gasteiger partial charge in [-0.3, -0.25) is 5.26 Å². The summed E-state index contributed by atoms with van der Waals surface area (Å²) in [6.07, 6.45) is -27.3. The molecule has 8 aliphatic rings. The van der Waals surface area contributed by atoms with Gasteiger partial charge in [0.25, 0.3) is 0 Å². The van der Waals surface area contributed by atoms with Gasteiger partial charge in [0.1, 0.15) is 97.7 Å². The number of aliphatic hydroxyl groups is 14. The fourth-order valence-electron chi connectivity index (χ4n) is 16.7. The van der Waals surface area contributed by atoms with Crippen molar-refractivity contribution in [3.8, 4) is 0 Å². The maximum absolute atomic E-state index is 13.0. The van der Waals surface area contributed by atoms with Crippen LogP contribution in [0.5, 0.6) is 0 Å². The molecule has 24 heteroatoms. The molecule has 0 aromatic heterocycles. The number of hydrogen-bond donors (Lipinski definition) is 15. The van der Waals surface area contributed by atoms with E-state index >= 15 is 0 Å². The van der Waals surface area contributed by atoms with Gasteiger partial charge in [-0.2, -0.15) is 0 Å². The predicted octanol–water partition coefficient (Wildman–Crippen LogP) is -1.71. The summed E-state index contributed by atoms with van der Waals surface area (Å²) in [4.78, 5) is 4.88. The van der Waals surface area contributed by atoms with Crippen molar-refractivity contribution in [3.63, 3.8) is 0 Å². The van der Waals surface area contributed by atoms with Crippen LogP contribution in [0.15, 0.2) is 12.2 Å². The van der Waals surface area contributed by atoms with Gasteiger partial charge in [0.05, 0.1) is 44.2 Å². The van der Waals surface area contributed by atoms with Crippen molar-refractivity contribution in [1.29, 1.82) is 0 Å². The van der Waals surface area contributed by atoms with Gasteiger partial charge in [-0.05, 0) is 117 Å². The summed E-state index contributed by atoms with van der Waals surface area (Å²) < 4.78 is 48.9. The molecule has 0 aromatic carbocycles. The second kappa shape index (κ2) is 23.3. The van der Waals surface area contributed by atoms with Crippen LogP contribution in [0, 0.1) is 44.8 Å². The van der Waals surface area contributed by atoms with E-state index in [9.17, 15) is 76.7 Å². The summed E-state index contributed by atoms with van der Waals surface area (Å²) in [5.74, 6) is -0.444. The van der Waals surface area contributed by atoms with E-state index in [0.717, 1.165) is 12.8 Å². The molecule has 0 unspecified atom stereocenters. The smallest absolute Gasteiger partial charge is 0.187 e. The van der Waals surface area contributed by atoms with Gasteiger partial charge in [-0.25, -0.2) is 4.89 Å². The van der Waals surface area contributed by atoms with Gasteiger partial charge in [0.2, 0.25) is 0 Å². The first-order valence-electron chi connectivity index (χ1n) is 27.9. The first-order valence-corrected chi connectivity index (χ1v) is 27.9. The zero-order valence-electron chi connectivity index (χ0n) is 46.2. The summed E-state index contributed by atoms with van der Waals surface area (Å²) in [6, 6.07) is 0. The summed E-state index contributed by atoms with van der Waals surface area (Å²) in [6.45, 7) is 18.2. The Bertz CT molecular complexity index is 2040. The number of rotatable bonds is 18. The van der Waals surface area contributed by atoms with E-state index in [-0.39, 0.29) is 35.5 Å². The Morgan fingerprint density at radius 2 is 1.12 bits per heavy atom. The largest absolute Gasteiger partial charge is 0.394 e. The first-order chi connectivity index (χ1) is 36.4. The summed E-state index contributed by atoms with van der Waals surface area (Å²) in [7, 11) is 0. The SMILES string of the molecule is C=C(C)[C@H](CC[C@](C)(O[C@@H]1O[C@H](CO[C@@H]2O[C@@H](CO)[C@H](O)[C@H]2O)[C@@H](O)[C@H](O)[C@H]1O)[C@@]1(C)CC[C@]2(C)[C@@H]1[C@H](O)C[C@@H]1[C@@]3(C)CC[C@H](O[C@@H]4O[C@H](CO)[C@@H](O)[C@H](O)[C@H]4O[C@@H]4O[C@H](CO)[C@@H](O)[C@H](O)[C@H]4O)C(C)(C)[C@@H]3CC[C@]12C)OO. The molecule has 4 saturated carbocycles. The average Bonchev–Trinajstić information content (AvgIpc) is 3.93. The highest BCUT2D eigenvalue weighted by molar-refractivity contribution is 5.23. The highest BCUT2D eigenvalue weighted by Gasteiger charge is 2.75. The quantitative estimate of drug-likeness (QED) is 0.0315. The normalized spacial score (nSPS) is 52.4. The lowest BCUT2D eigenvalue weighted by Crippen LogP contribution is -2.69. The van der Waals surface area contributed by atoms with Gasteiger partial charge in [0.15, 0.2) is 25.2 Å². The van der Waals surface area contributed by atoms with Gasteiger partial charge in [-0.1, -0.05) is 48.1 Å². The molecule has 0 aromatic rings. The standard InChI is InChI=1S/C54H92O24/c1-23(2)25(78-69)10-15-54(9,77-47-42(68)38(64)36(62)29(74-47)22-70-45-40(66)35(61)28(21-57)71-45)53(8)17-16-52(7)44(53)24(58)18-31-50(5)13-12-32(49(3,4)30(50)11-14-51(31,52)6)75-48-43(39(65)34(60)27(20-56)73-48)76-46-41(67)37(63)33(59)26(19-55)72-46/h24-48,55-69H,1,10-22H2,2-9H3/t24-,25+,26-,27-,28+,29-,30+,31-,32+,33-,34-,35+,36-,37+,38+,39+,40-,41-,42-,43-,44+,45-,46+,47+,48+,50+,51-,52-,53+,54+/m1/s1. The Balaban J connectivity index is 1.04. The second-order valence-electron chi connectivity index (χ2n) is 26.1. The number of hydrogen-bond acceptors (Lipinski definition) is 24. The van der Waals surface area contributed by atoms with Crippen molar-refractivity contribution in [2.24, 2.45) is 44.8 Å². The fourth-order valence-corrected chi connectivity index (χ4v) is 16.7. The molecule has 4 aliphatic heterocycles. The van der Waals surface area contributed by atoms with Crippen molar-refractivity contribution < 1.29 is 120 Å². The minimum Gasteiger partial charge on any atom is -0.394 e. The zero-order chi connectivity index (χ0) is 57.6. The van der Waals surface area contributed by atoms with Crippen LogP contribution < -0.4 is 0 Å². The molecule has 78 heavy (non-hydrogen) atoms. The second-order valence-corrected chi connectivity index (χ2v) is 26.1. The Morgan fingerprint density at radius 1 is 0.590 bits per heavy atom. The maximum atomic E-state index is 13.0. The van der Waals surface area contributed by atoms with Crippen LogP contribution in [0.2, 0.25) is 0 Å². The highest BCUT2D eigenvalue weighted by atomic mass is 17.1. The Hall–Kier alpha value is -1.22. The van der Waals surface area contributed by atoms with Crippen molar-refractivity contribution in [2.45, 2.75) is 254 Å². The number of aliphatic hydroxyl groups excluding tert-OH is 14. The molecule has 452 valence electrons. The summed E-state index contributed by atoms with van der Waals surface area (Å²) >= 11 is 0. The minimum atomic E-state index is -1.83. The summed E-state index contributed by atoms with van der Waals surface area (Å²) in [5.41, 5.74) is -3.54. The Labute approximate surface area is 455 Å². The Morgan fingerprint density at radius 3 is 1.71 bits per heavy atom. The molecule has 0 bridgehead atoms. The Kier molecular flexibility index (Phi) is 18.8. The van der Waals surface area contributed by atoms with Gasteiger partial charge < -0.3 is 109 Å². The van der Waals surface area contributed by atoms with Crippen molar-refractivity contribution in [2.75, 3.05) is 26.4 Å². The molecule has 0 amide bonds. The molecule has 30 atom stereocenters. The van der Waals surface area contributed by atoms with Gasteiger partial charge in [-0.15, -0.1) is 0 Å². The number of fused-ring (bicyclic) bond motifs is 5. The topological polar surface area (TPSA) is 387 Å². The molecule has 0 radical (unpaired) electrons. The van der Waals surface area contributed by atoms with Crippen LogP contribution in [0.1, 0.15) is 113 Å². The number of ether oxygens (including phenoxy) is 8. The van der Waals surface area contributed by atoms with E-state index < -0.39 is 189 Å². The molecule has 24 nitrogen and oxygen atoms in total. The average molecular weight is 1130 g/mol. The van der Waals surface area contributed by atoms with Gasteiger partial charge in [0, 0.05) is 5.41 Å². The monoisotopic (exact) mass is 1120 g/mol. The summed E-state index contributed by atoms with van der Waals surface area (Å²) in [5, 5.41) is 162. The van der Waals surface area contributed by atoms with Crippen LogP contribution >= 0.6 is 0 Å². The predicted molar refractivity (Wildman–Crippen MR) is 268 cm³/mol.